The van der Waals surface area contributed by atoms with E-state index in [9.17, 15) is 4.21 Å². The SMILES string of the molecule is CCCNC(CS(=O)CC1CCCC1)C1CC1. The normalized spacial score (nSPS) is 25.0. The molecule has 2 atom stereocenters. The van der Waals surface area contributed by atoms with Gasteiger partial charge in [-0.3, -0.25) is 4.21 Å². The van der Waals surface area contributed by atoms with Crippen LogP contribution >= 0.6 is 0 Å². The second-order valence-electron chi connectivity index (χ2n) is 5.82. The lowest BCUT2D eigenvalue weighted by Crippen LogP contribution is -2.37. The van der Waals surface area contributed by atoms with E-state index in [4.69, 9.17) is 0 Å². The second-order valence-corrected chi connectivity index (χ2v) is 7.37. The molecule has 2 fully saturated rings. The Balaban J connectivity index is 1.70. The summed E-state index contributed by atoms with van der Waals surface area (Å²) in [7, 11) is -0.586. The number of rotatable bonds is 8. The highest BCUT2D eigenvalue weighted by Crippen LogP contribution is 2.33. The molecule has 0 bridgehead atoms. The molecule has 0 amide bonds. The van der Waals surface area contributed by atoms with E-state index in [1.54, 1.807) is 0 Å². The lowest BCUT2D eigenvalue weighted by molar-refractivity contribution is 0.496. The molecule has 2 rings (SSSR count). The molecule has 0 aromatic heterocycles. The Morgan fingerprint density at radius 1 is 1.24 bits per heavy atom. The van der Waals surface area contributed by atoms with Crippen molar-refractivity contribution < 1.29 is 4.21 Å². The van der Waals surface area contributed by atoms with Gasteiger partial charge in [0.2, 0.25) is 0 Å². The van der Waals surface area contributed by atoms with Gasteiger partial charge < -0.3 is 5.32 Å². The largest absolute Gasteiger partial charge is 0.313 e. The van der Waals surface area contributed by atoms with Crippen molar-refractivity contribution in [3.63, 3.8) is 0 Å². The first-order valence-electron chi connectivity index (χ1n) is 7.38. The molecule has 2 aliphatic rings. The minimum absolute atomic E-state index is 0.539. The van der Waals surface area contributed by atoms with Gasteiger partial charge in [-0.25, -0.2) is 0 Å². The lowest BCUT2D eigenvalue weighted by atomic mass is 10.1. The molecule has 2 unspecified atom stereocenters. The van der Waals surface area contributed by atoms with Crippen LogP contribution in [0.2, 0.25) is 0 Å². The summed E-state index contributed by atoms with van der Waals surface area (Å²) in [4.78, 5) is 0. The first-order valence-corrected chi connectivity index (χ1v) is 8.86. The van der Waals surface area contributed by atoms with Crippen molar-refractivity contribution in [2.24, 2.45) is 11.8 Å². The van der Waals surface area contributed by atoms with Crippen molar-refractivity contribution >= 4 is 10.8 Å². The van der Waals surface area contributed by atoms with Gasteiger partial charge in [0.1, 0.15) is 0 Å². The Hall–Kier alpha value is 0.110. The molecule has 0 heterocycles. The van der Waals surface area contributed by atoms with Gasteiger partial charge in [0.15, 0.2) is 0 Å². The number of nitrogens with one attached hydrogen (secondary N) is 1. The summed E-state index contributed by atoms with van der Waals surface area (Å²) in [6.07, 6.45) is 9.25. The van der Waals surface area contributed by atoms with E-state index < -0.39 is 10.8 Å². The zero-order valence-corrected chi connectivity index (χ0v) is 11.9. The van der Waals surface area contributed by atoms with Gasteiger partial charge in [-0.05, 0) is 50.5 Å². The maximum atomic E-state index is 12.2. The molecule has 2 nitrogen and oxygen atoms in total. The van der Waals surface area contributed by atoms with E-state index in [2.05, 4.69) is 12.2 Å². The van der Waals surface area contributed by atoms with E-state index in [1.807, 2.05) is 0 Å². The molecule has 2 saturated carbocycles. The summed E-state index contributed by atoms with van der Waals surface area (Å²) in [6, 6.07) is 0.539. The lowest BCUT2D eigenvalue weighted by Gasteiger charge is -2.18. The van der Waals surface area contributed by atoms with Gasteiger partial charge in [-0.15, -0.1) is 0 Å². The van der Waals surface area contributed by atoms with Crippen LogP contribution in [0.25, 0.3) is 0 Å². The number of hydrogen-bond acceptors (Lipinski definition) is 2. The predicted octanol–water partition coefficient (Wildman–Crippen LogP) is 2.70. The fourth-order valence-corrected chi connectivity index (χ4v) is 4.68. The van der Waals surface area contributed by atoms with E-state index in [0.29, 0.717) is 6.04 Å². The summed E-state index contributed by atoms with van der Waals surface area (Å²) < 4.78 is 12.2. The van der Waals surface area contributed by atoms with Crippen molar-refractivity contribution in [2.75, 3.05) is 18.1 Å². The Morgan fingerprint density at radius 2 is 1.94 bits per heavy atom. The maximum absolute atomic E-state index is 12.2. The minimum atomic E-state index is -0.586. The first-order chi connectivity index (χ1) is 8.29. The van der Waals surface area contributed by atoms with Crippen LogP contribution in [0.4, 0.5) is 0 Å². The average Bonchev–Trinajstić information content (AvgIpc) is 3.04. The summed E-state index contributed by atoms with van der Waals surface area (Å²) in [5.74, 6) is 3.47. The molecule has 100 valence electrons. The Morgan fingerprint density at radius 3 is 2.53 bits per heavy atom. The van der Waals surface area contributed by atoms with E-state index in [0.717, 1.165) is 29.9 Å². The van der Waals surface area contributed by atoms with Crippen molar-refractivity contribution in [3.8, 4) is 0 Å². The van der Waals surface area contributed by atoms with Gasteiger partial charge >= 0.3 is 0 Å². The molecule has 0 radical (unpaired) electrons. The zero-order chi connectivity index (χ0) is 12.1. The quantitative estimate of drug-likeness (QED) is 0.724. The van der Waals surface area contributed by atoms with Crippen LogP contribution in [0.5, 0.6) is 0 Å². The van der Waals surface area contributed by atoms with Crippen molar-refractivity contribution in [1.82, 2.24) is 5.32 Å². The summed E-state index contributed by atoms with van der Waals surface area (Å²) in [6.45, 7) is 3.29. The molecule has 1 N–H and O–H groups in total. The van der Waals surface area contributed by atoms with Crippen LogP contribution in [0, 0.1) is 11.8 Å². The Kier molecular flexibility index (Phi) is 5.49. The molecule has 0 aromatic rings. The van der Waals surface area contributed by atoms with E-state index >= 15 is 0 Å². The summed E-state index contributed by atoms with van der Waals surface area (Å²) in [5.41, 5.74) is 0. The average molecular weight is 257 g/mol. The Bertz CT molecular complexity index is 247. The van der Waals surface area contributed by atoms with Gasteiger partial charge in [0.25, 0.3) is 0 Å². The van der Waals surface area contributed by atoms with Crippen LogP contribution in [0.3, 0.4) is 0 Å². The molecule has 3 heteroatoms. The van der Waals surface area contributed by atoms with Crippen LogP contribution < -0.4 is 5.32 Å². The molecule has 17 heavy (non-hydrogen) atoms. The first kappa shape index (κ1) is 13.5. The monoisotopic (exact) mass is 257 g/mol. The fraction of sp³-hybridized carbons (Fsp3) is 1.00. The van der Waals surface area contributed by atoms with Gasteiger partial charge in [-0.2, -0.15) is 0 Å². The maximum Gasteiger partial charge on any atom is 0.0391 e. The summed E-state index contributed by atoms with van der Waals surface area (Å²) >= 11 is 0. The van der Waals surface area contributed by atoms with Crippen LogP contribution in [-0.2, 0) is 10.8 Å². The highest BCUT2D eigenvalue weighted by molar-refractivity contribution is 7.85. The highest BCUT2D eigenvalue weighted by Gasteiger charge is 2.32. The van der Waals surface area contributed by atoms with Crippen molar-refractivity contribution in [1.29, 1.82) is 0 Å². The van der Waals surface area contributed by atoms with Gasteiger partial charge in [-0.1, -0.05) is 19.8 Å². The molecular weight excluding hydrogens is 230 g/mol. The van der Waals surface area contributed by atoms with E-state index in [-0.39, 0.29) is 0 Å². The molecule has 0 aliphatic heterocycles. The number of hydrogen-bond donors (Lipinski definition) is 1. The molecule has 0 spiro atoms. The molecule has 2 aliphatic carbocycles. The highest BCUT2D eigenvalue weighted by atomic mass is 32.2. The van der Waals surface area contributed by atoms with Gasteiger partial charge in [0, 0.05) is 28.3 Å². The molecule has 0 aromatic carbocycles. The molecular formula is C14H27NOS. The standard InChI is InChI=1S/C14H27NOS/c1-2-9-15-14(13-7-8-13)11-17(16)10-12-5-3-4-6-12/h12-15H,2-11H2,1H3. The third kappa shape index (κ3) is 4.70. The van der Waals surface area contributed by atoms with E-state index in [1.165, 1.54) is 44.9 Å². The Labute approximate surface area is 108 Å². The molecule has 0 saturated heterocycles. The predicted molar refractivity (Wildman–Crippen MR) is 74.6 cm³/mol. The minimum Gasteiger partial charge on any atom is -0.313 e. The summed E-state index contributed by atoms with van der Waals surface area (Å²) in [5, 5.41) is 3.59. The fourth-order valence-electron chi connectivity index (χ4n) is 2.90. The van der Waals surface area contributed by atoms with Crippen molar-refractivity contribution in [3.05, 3.63) is 0 Å². The van der Waals surface area contributed by atoms with Crippen molar-refractivity contribution in [2.45, 2.75) is 57.9 Å². The van der Waals surface area contributed by atoms with Crippen LogP contribution in [-0.4, -0.2) is 28.3 Å². The van der Waals surface area contributed by atoms with Gasteiger partial charge in [0.05, 0.1) is 0 Å². The van der Waals surface area contributed by atoms with Crippen LogP contribution in [0.15, 0.2) is 0 Å². The van der Waals surface area contributed by atoms with Crippen LogP contribution in [0.1, 0.15) is 51.9 Å². The topological polar surface area (TPSA) is 29.1 Å². The zero-order valence-electron chi connectivity index (χ0n) is 11.1. The third-order valence-corrected chi connectivity index (χ3v) is 5.68. The third-order valence-electron chi connectivity index (χ3n) is 4.11. The second kappa shape index (κ2) is 6.89. The smallest absolute Gasteiger partial charge is 0.0391 e.